The summed E-state index contributed by atoms with van der Waals surface area (Å²) in [4.78, 5) is 11.5. The minimum atomic E-state index is -0.953. The van der Waals surface area contributed by atoms with E-state index >= 15 is 0 Å². The second kappa shape index (κ2) is 10.2. The van der Waals surface area contributed by atoms with Gasteiger partial charge in [0, 0.05) is 6.54 Å². The number of ether oxygens (including phenoxy) is 2. The number of hydrogen-bond acceptors (Lipinski definition) is 5. The molecular formula is C21H35BNO5. The van der Waals surface area contributed by atoms with Gasteiger partial charge in [0.1, 0.15) is 11.4 Å². The number of rotatable bonds is 10. The second-order valence-corrected chi connectivity index (χ2v) is 8.86. The van der Waals surface area contributed by atoms with Crippen LogP contribution >= 0.6 is 0 Å². The molecule has 0 heterocycles. The van der Waals surface area contributed by atoms with E-state index in [9.17, 15) is 9.90 Å². The summed E-state index contributed by atoms with van der Waals surface area (Å²) in [6, 6.07) is 7.57. The summed E-state index contributed by atoms with van der Waals surface area (Å²) in [7, 11) is 1.64. The first-order chi connectivity index (χ1) is 12.8. The van der Waals surface area contributed by atoms with Gasteiger partial charge in [-0.25, -0.2) is 4.79 Å². The maximum atomic E-state index is 11.5. The fraction of sp³-hybridized carbons (Fsp3) is 0.667. The molecule has 0 aliphatic carbocycles. The molecule has 0 saturated carbocycles. The van der Waals surface area contributed by atoms with Crippen molar-refractivity contribution in [1.29, 1.82) is 0 Å². The van der Waals surface area contributed by atoms with Gasteiger partial charge in [-0.15, -0.1) is 0 Å². The Bertz CT molecular complexity index is 603. The Morgan fingerprint density at radius 1 is 1.04 bits per heavy atom. The maximum Gasteiger partial charge on any atom is 0.407 e. The second-order valence-electron chi connectivity index (χ2n) is 8.86. The van der Waals surface area contributed by atoms with Crippen LogP contribution in [0.2, 0.25) is 0 Å². The van der Waals surface area contributed by atoms with Gasteiger partial charge in [0.15, 0.2) is 0 Å². The number of hydrogen-bond donors (Lipinski definition) is 2. The predicted molar refractivity (Wildman–Crippen MR) is 112 cm³/mol. The van der Waals surface area contributed by atoms with Crippen molar-refractivity contribution in [3.05, 3.63) is 24.3 Å². The molecule has 7 heteroatoms. The lowest BCUT2D eigenvalue weighted by atomic mass is 9.82. The number of nitrogens with one attached hydrogen (secondary N) is 1. The number of unbranched alkanes of at least 4 members (excludes halogenated alkanes) is 1. The van der Waals surface area contributed by atoms with Crippen LogP contribution in [0.3, 0.4) is 0 Å². The van der Waals surface area contributed by atoms with E-state index < -0.39 is 22.9 Å². The Kier molecular flexibility index (Phi) is 8.83. The number of alkyl carbamates (subject to hydrolysis) is 1. The van der Waals surface area contributed by atoms with Gasteiger partial charge < -0.3 is 24.6 Å². The van der Waals surface area contributed by atoms with Gasteiger partial charge in [0.05, 0.1) is 17.8 Å². The molecule has 1 radical (unpaired) electrons. The van der Waals surface area contributed by atoms with E-state index in [0.29, 0.717) is 13.2 Å². The Morgan fingerprint density at radius 3 is 2.18 bits per heavy atom. The molecule has 0 spiro atoms. The Labute approximate surface area is 170 Å². The molecule has 28 heavy (non-hydrogen) atoms. The summed E-state index contributed by atoms with van der Waals surface area (Å²) in [5.74, 6) is 0.777. The predicted octanol–water partition coefficient (Wildman–Crippen LogP) is 3.18. The monoisotopic (exact) mass is 392 g/mol. The number of carbonyl (C=O) groups is 1. The zero-order chi connectivity index (χ0) is 21.4. The number of aliphatic hydroxyl groups is 1. The van der Waals surface area contributed by atoms with Gasteiger partial charge >= 0.3 is 13.6 Å². The van der Waals surface area contributed by atoms with Gasteiger partial charge in [-0.1, -0.05) is 17.6 Å². The van der Waals surface area contributed by atoms with Crippen LogP contribution < -0.4 is 15.5 Å². The van der Waals surface area contributed by atoms with Crippen molar-refractivity contribution >= 4 is 19.0 Å². The summed E-state index contributed by atoms with van der Waals surface area (Å²) in [6.07, 6.45) is 1.24. The van der Waals surface area contributed by atoms with E-state index in [1.54, 1.807) is 21.3 Å². The molecule has 1 aromatic rings. The van der Waals surface area contributed by atoms with Crippen molar-refractivity contribution in [2.24, 2.45) is 0 Å². The van der Waals surface area contributed by atoms with Gasteiger partial charge in [0.2, 0.25) is 0 Å². The number of benzene rings is 1. The van der Waals surface area contributed by atoms with Crippen molar-refractivity contribution in [1.82, 2.24) is 5.32 Å². The molecule has 0 aliphatic rings. The minimum absolute atomic E-state index is 0.393. The molecule has 157 valence electrons. The fourth-order valence-electron chi connectivity index (χ4n) is 1.92. The first kappa shape index (κ1) is 24.3. The van der Waals surface area contributed by atoms with E-state index in [1.807, 2.05) is 58.9 Å². The summed E-state index contributed by atoms with van der Waals surface area (Å²) in [5.41, 5.74) is -1.24. The summed E-state index contributed by atoms with van der Waals surface area (Å²) in [6.45, 7) is 13.8. The number of amides is 1. The van der Waals surface area contributed by atoms with Crippen LogP contribution in [-0.4, -0.2) is 48.6 Å². The molecule has 0 saturated heterocycles. The molecule has 0 aromatic heterocycles. The van der Waals surface area contributed by atoms with Crippen LogP contribution in [0, 0.1) is 0 Å². The third-order valence-corrected chi connectivity index (χ3v) is 4.35. The quantitative estimate of drug-likeness (QED) is 0.473. The molecule has 1 amide bonds. The third-order valence-electron chi connectivity index (χ3n) is 4.35. The summed E-state index contributed by atoms with van der Waals surface area (Å²) >= 11 is 0. The molecule has 0 fully saturated rings. The van der Waals surface area contributed by atoms with Crippen LogP contribution in [0.5, 0.6) is 5.75 Å². The molecular weight excluding hydrogens is 357 g/mol. The molecule has 1 aromatic carbocycles. The van der Waals surface area contributed by atoms with Crippen molar-refractivity contribution in [3.63, 3.8) is 0 Å². The molecule has 0 unspecified atom stereocenters. The average molecular weight is 392 g/mol. The minimum Gasteiger partial charge on any atom is -0.494 e. The SMILES string of the molecule is CC(C)(C)OC(=O)NCCCCOc1ccc([B]OC(C)(C)C(C)(C)O)cc1. The summed E-state index contributed by atoms with van der Waals surface area (Å²) < 4.78 is 16.6. The zero-order valence-electron chi connectivity index (χ0n) is 18.3. The standard InChI is InChI=1S/C21H35BNO5/c1-19(2,3)27-18(24)23-14-8-9-15-26-17-12-10-16(11-13-17)22-28-21(6,7)20(4,5)25/h10-13,25H,8-9,14-15H2,1-7H3,(H,23,24). The molecule has 0 aliphatic heterocycles. The molecule has 0 atom stereocenters. The van der Waals surface area contributed by atoms with Crippen LogP contribution in [-0.2, 0) is 9.39 Å². The van der Waals surface area contributed by atoms with Gasteiger partial charge in [0.25, 0.3) is 0 Å². The Morgan fingerprint density at radius 2 is 1.64 bits per heavy atom. The van der Waals surface area contributed by atoms with E-state index in [4.69, 9.17) is 14.1 Å². The highest BCUT2D eigenvalue weighted by Gasteiger charge is 2.35. The largest absolute Gasteiger partial charge is 0.494 e. The highest BCUT2D eigenvalue weighted by molar-refractivity contribution is 6.47. The zero-order valence-corrected chi connectivity index (χ0v) is 18.3. The van der Waals surface area contributed by atoms with E-state index in [1.165, 1.54) is 0 Å². The molecule has 2 N–H and O–H groups in total. The van der Waals surface area contributed by atoms with Crippen LogP contribution in [0.25, 0.3) is 0 Å². The number of carbonyl (C=O) groups excluding carboxylic acids is 1. The van der Waals surface area contributed by atoms with Crippen molar-refractivity contribution in [2.75, 3.05) is 13.2 Å². The van der Waals surface area contributed by atoms with Gasteiger partial charge in [-0.05, 0) is 73.4 Å². The van der Waals surface area contributed by atoms with Crippen molar-refractivity contribution < 1.29 is 24.0 Å². The van der Waals surface area contributed by atoms with E-state index in [0.717, 1.165) is 24.1 Å². The molecule has 0 bridgehead atoms. The smallest absolute Gasteiger partial charge is 0.407 e. The van der Waals surface area contributed by atoms with Gasteiger partial charge in [-0.2, -0.15) is 0 Å². The van der Waals surface area contributed by atoms with Gasteiger partial charge in [-0.3, -0.25) is 0 Å². The lowest BCUT2D eigenvalue weighted by Crippen LogP contribution is -2.49. The Balaban J connectivity index is 2.24. The van der Waals surface area contributed by atoms with E-state index in [-0.39, 0.29) is 0 Å². The van der Waals surface area contributed by atoms with Crippen molar-refractivity contribution in [2.45, 2.75) is 78.1 Å². The highest BCUT2D eigenvalue weighted by Crippen LogP contribution is 2.24. The summed E-state index contributed by atoms with van der Waals surface area (Å²) in [5, 5.41) is 12.8. The first-order valence-electron chi connectivity index (χ1n) is 9.73. The van der Waals surface area contributed by atoms with E-state index in [2.05, 4.69) is 5.32 Å². The van der Waals surface area contributed by atoms with Crippen LogP contribution in [0.4, 0.5) is 4.79 Å². The topological polar surface area (TPSA) is 77.0 Å². The normalized spacial score (nSPS) is 12.4. The average Bonchev–Trinajstić information content (AvgIpc) is 2.54. The molecule has 6 nitrogen and oxygen atoms in total. The highest BCUT2D eigenvalue weighted by atomic mass is 16.6. The lowest BCUT2D eigenvalue weighted by Gasteiger charge is -2.37. The van der Waals surface area contributed by atoms with Crippen LogP contribution in [0.15, 0.2) is 24.3 Å². The Hall–Kier alpha value is -1.73. The maximum absolute atomic E-state index is 11.5. The first-order valence-corrected chi connectivity index (χ1v) is 9.73. The van der Waals surface area contributed by atoms with Crippen molar-refractivity contribution in [3.8, 4) is 5.75 Å². The fourth-order valence-corrected chi connectivity index (χ4v) is 1.92. The third kappa shape index (κ3) is 9.46. The van der Waals surface area contributed by atoms with Crippen LogP contribution in [0.1, 0.15) is 61.3 Å². The molecule has 1 rings (SSSR count). The lowest BCUT2D eigenvalue weighted by molar-refractivity contribution is -0.0893.